The predicted octanol–water partition coefficient (Wildman–Crippen LogP) is 7.21. The molecule has 136 valence electrons. The van der Waals surface area contributed by atoms with Crippen molar-refractivity contribution >= 4 is 0 Å². The number of rotatable bonds is 14. The lowest BCUT2D eigenvalue weighted by atomic mass is 9.87. The summed E-state index contributed by atoms with van der Waals surface area (Å²) in [6, 6.07) is 0. The Hall–Kier alpha value is -0.560. The van der Waals surface area contributed by atoms with Gasteiger partial charge >= 0.3 is 0 Å². The summed E-state index contributed by atoms with van der Waals surface area (Å²) in [6.45, 7) is 8.84. The molecule has 0 aromatic heterocycles. The first-order valence-electron chi connectivity index (χ1n) is 9.94. The maximum atomic E-state index is 9.96. The molecule has 0 rings (SSSR count). The van der Waals surface area contributed by atoms with Gasteiger partial charge < -0.3 is 5.11 Å². The molecule has 0 bridgehead atoms. The molecule has 0 radical (unpaired) electrons. The molecule has 0 aliphatic heterocycles. The fourth-order valence-corrected chi connectivity index (χ4v) is 2.82. The maximum absolute atomic E-state index is 9.96. The average molecular weight is 323 g/mol. The molecule has 23 heavy (non-hydrogen) atoms. The van der Waals surface area contributed by atoms with Crippen LogP contribution < -0.4 is 0 Å². The Morgan fingerprint density at radius 3 is 1.91 bits per heavy atom. The fourth-order valence-electron chi connectivity index (χ4n) is 2.82. The van der Waals surface area contributed by atoms with Gasteiger partial charge in [-0.15, -0.1) is 0 Å². The third-order valence-corrected chi connectivity index (χ3v) is 4.09. The van der Waals surface area contributed by atoms with Crippen molar-refractivity contribution in [1.82, 2.24) is 0 Å². The van der Waals surface area contributed by atoms with Crippen molar-refractivity contribution < 1.29 is 5.11 Å². The van der Waals surface area contributed by atoms with E-state index in [0.29, 0.717) is 0 Å². The van der Waals surface area contributed by atoms with Crippen molar-refractivity contribution in [3.05, 3.63) is 24.3 Å². The summed E-state index contributed by atoms with van der Waals surface area (Å²) in [4.78, 5) is 0. The second-order valence-corrected chi connectivity index (χ2v) is 8.08. The Morgan fingerprint density at radius 2 is 1.35 bits per heavy atom. The Morgan fingerprint density at radius 1 is 0.783 bits per heavy atom. The lowest BCUT2D eigenvalue weighted by molar-refractivity contribution is 0.110. The van der Waals surface area contributed by atoms with E-state index >= 15 is 0 Å². The van der Waals surface area contributed by atoms with Crippen molar-refractivity contribution in [3.63, 3.8) is 0 Å². The normalized spacial score (nSPS) is 14.1. The van der Waals surface area contributed by atoms with E-state index in [1.165, 1.54) is 57.8 Å². The Bertz CT molecular complexity index is 296. The molecule has 0 saturated carbocycles. The van der Waals surface area contributed by atoms with Crippen LogP contribution in [0.2, 0.25) is 0 Å². The van der Waals surface area contributed by atoms with Gasteiger partial charge in [0.1, 0.15) is 0 Å². The summed E-state index contributed by atoms with van der Waals surface area (Å²) in [5.41, 5.74) is 0.245. The largest absolute Gasteiger partial charge is 0.393 e. The third kappa shape index (κ3) is 19.4. The Balaban J connectivity index is 3.34. The van der Waals surface area contributed by atoms with Gasteiger partial charge in [-0.05, 0) is 50.4 Å². The van der Waals surface area contributed by atoms with E-state index in [2.05, 4.69) is 52.0 Å². The van der Waals surface area contributed by atoms with E-state index in [4.69, 9.17) is 0 Å². The van der Waals surface area contributed by atoms with Gasteiger partial charge in [0.25, 0.3) is 0 Å². The standard InChI is InChI=1S/C22H42O/c1-5-6-7-8-9-10-11-12-13-14-15-16-17-18-19-21(23)20-22(2,3)4/h9-10,12-13,21,23H,5-8,11,14-20H2,1-4H3/b10-9-,13-12-. The summed E-state index contributed by atoms with van der Waals surface area (Å²) >= 11 is 0. The first-order valence-corrected chi connectivity index (χ1v) is 9.94. The Labute approximate surface area is 146 Å². The van der Waals surface area contributed by atoms with E-state index in [1.807, 2.05) is 0 Å². The number of aliphatic hydroxyl groups excluding tert-OH is 1. The molecule has 1 atom stereocenters. The lowest BCUT2D eigenvalue weighted by Gasteiger charge is -2.22. The van der Waals surface area contributed by atoms with E-state index in [-0.39, 0.29) is 11.5 Å². The quantitative estimate of drug-likeness (QED) is 0.265. The number of hydrogen-bond donors (Lipinski definition) is 1. The topological polar surface area (TPSA) is 20.2 Å². The number of allylic oxidation sites excluding steroid dienone is 4. The first-order chi connectivity index (χ1) is 11.0. The van der Waals surface area contributed by atoms with Gasteiger partial charge in [0.15, 0.2) is 0 Å². The molecule has 0 saturated heterocycles. The van der Waals surface area contributed by atoms with Gasteiger partial charge in [0.2, 0.25) is 0 Å². The predicted molar refractivity (Wildman–Crippen MR) is 105 cm³/mol. The van der Waals surface area contributed by atoms with Crippen molar-refractivity contribution in [2.45, 2.75) is 111 Å². The minimum atomic E-state index is -0.112. The molecule has 1 nitrogen and oxygen atoms in total. The van der Waals surface area contributed by atoms with Gasteiger partial charge in [-0.2, -0.15) is 0 Å². The molecule has 1 N–H and O–H groups in total. The zero-order valence-electron chi connectivity index (χ0n) is 16.3. The van der Waals surface area contributed by atoms with Crippen LogP contribution in [0.15, 0.2) is 24.3 Å². The van der Waals surface area contributed by atoms with Gasteiger partial charge in [-0.1, -0.05) is 84.1 Å². The summed E-state index contributed by atoms with van der Waals surface area (Å²) < 4.78 is 0. The SMILES string of the molecule is CCCCC/C=C\C/C=C\CCCCCCC(O)CC(C)(C)C. The van der Waals surface area contributed by atoms with Crippen LogP contribution in [0.5, 0.6) is 0 Å². The van der Waals surface area contributed by atoms with Crippen molar-refractivity contribution in [3.8, 4) is 0 Å². The number of aliphatic hydroxyl groups is 1. The molecule has 0 heterocycles. The van der Waals surface area contributed by atoms with Crippen molar-refractivity contribution in [1.29, 1.82) is 0 Å². The maximum Gasteiger partial charge on any atom is 0.0545 e. The third-order valence-electron chi connectivity index (χ3n) is 4.09. The van der Waals surface area contributed by atoms with E-state index in [1.54, 1.807) is 0 Å². The summed E-state index contributed by atoms with van der Waals surface area (Å²) in [6.07, 6.45) is 23.5. The monoisotopic (exact) mass is 322 g/mol. The van der Waals surface area contributed by atoms with Gasteiger partial charge in [0.05, 0.1) is 6.10 Å². The summed E-state index contributed by atoms with van der Waals surface area (Å²) in [5.74, 6) is 0. The molecule has 1 unspecified atom stereocenters. The van der Waals surface area contributed by atoms with E-state index in [0.717, 1.165) is 19.3 Å². The number of hydrogen-bond acceptors (Lipinski definition) is 1. The molecule has 0 aromatic rings. The fraction of sp³-hybridized carbons (Fsp3) is 0.818. The van der Waals surface area contributed by atoms with E-state index in [9.17, 15) is 5.11 Å². The van der Waals surface area contributed by atoms with Crippen molar-refractivity contribution in [2.24, 2.45) is 5.41 Å². The number of unbranched alkanes of at least 4 members (excludes halogenated alkanes) is 7. The molecule has 0 spiro atoms. The molecule has 0 fully saturated rings. The van der Waals surface area contributed by atoms with Crippen molar-refractivity contribution in [2.75, 3.05) is 0 Å². The Kier molecular flexibility index (Phi) is 14.6. The first kappa shape index (κ1) is 22.4. The molecule has 0 aliphatic carbocycles. The second kappa shape index (κ2) is 15.0. The molecular weight excluding hydrogens is 280 g/mol. The minimum Gasteiger partial charge on any atom is -0.393 e. The smallest absolute Gasteiger partial charge is 0.0545 e. The summed E-state index contributed by atoms with van der Waals surface area (Å²) in [5, 5.41) is 9.96. The van der Waals surface area contributed by atoms with Crippen LogP contribution in [0.1, 0.15) is 105 Å². The molecule has 0 amide bonds. The minimum absolute atomic E-state index is 0.112. The van der Waals surface area contributed by atoms with Gasteiger partial charge in [-0.25, -0.2) is 0 Å². The summed E-state index contributed by atoms with van der Waals surface area (Å²) in [7, 11) is 0. The van der Waals surface area contributed by atoms with Crippen LogP contribution in [-0.4, -0.2) is 11.2 Å². The van der Waals surface area contributed by atoms with Crippen LogP contribution in [0.3, 0.4) is 0 Å². The molecule has 0 aliphatic rings. The van der Waals surface area contributed by atoms with Crippen LogP contribution in [-0.2, 0) is 0 Å². The zero-order chi connectivity index (χ0) is 17.4. The van der Waals surface area contributed by atoms with E-state index < -0.39 is 0 Å². The average Bonchev–Trinajstić information content (AvgIpc) is 2.46. The lowest BCUT2D eigenvalue weighted by Crippen LogP contribution is -2.17. The van der Waals surface area contributed by atoms with Crippen LogP contribution in [0, 0.1) is 5.41 Å². The molecular formula is C22H42O. The highest BCUT2D eigenvalue weighted by Crippen LogP contribution is 2.23. The zero-order valence-corrected chi connectivity index (χ0v) is 16.3. The highest BCUT2D eigenvalue weighted by molar-refractivity contribution is 4.92. The van der Waals surface area contributed by atoms with Gasteiger partial charge in [-0.3, -0.25) is 0 Å². The molecule has 1 heteroatoms. The highest BCUT2D eigenvalue weighted by atomic mass is 16.3. The highest BCUT2D eigenvalue weighted by Gasteiger charge is 2.15. The second-order valence-electron chi connectivity index (χ2n) is 8.08. The van der Waals surface area contributed by atoms with Gasteiger partial charge in [0, 0.05) is 0 Å². The molecule has 0 aromatic carbocycles. The van der Waals surface area contributed by atoms with Crippen LogP contribution >= 0.6 is 0 Å². The van der Waals surface area contributed by atoms with Crippen LogP contribution in [0.25, 0.3) is 0 Å². The van der Waals surface area contributed by atoms with Crippen LogP contribution in [0.4, 0.5) is 0 Å².